The number of piperidine rings is 1. The number of carbonyl (C=O) groups is 1. The molecule has 0 saturated carbocycles. The summed E-state index contributed by atoms with van der Waals surface area (Å²) in [4.78, 5) is 14.4. The van der Waals surface area contributed by atoms with E-state index in [2.05, 4.69) is 0 Å². The van der Waals surface area contributed by atoms with E-state index in [-0.39, 0.29) is 18.7 Å². The van der Waals surface area contributed by atoms with Gasteiger partial charge in [-0.15, -0.1) is 0 Å². The average molecular weight is 407 g/mol. The summed E-state index contributed by atoms with van der Waals surface area (Å²) in [5.41, 5.74) is -1.36. The van der Waals surface area contributed by atoms with Gasteiger partial charge in [0.15, 0.2) is 0 Å². The first kappa shape index (κ1) is 21.2. The number of rotatable bonds is 6. The molecule has 1 N–H and O–H groups in total. The summed E-state index contributed by atoms with van der Waals surface area (Å²) in [7, 11) is 0. The molecule has 0 aliphatic carbocycles. The molecule has 1 amide bonds. The second-order valence-corrected chi connectivity index (χ2v) is 7.48. The standard InChI is InChI=1S/C22H24F3NO3/c23-22(24,25)18-7-4-6-17(14-18)20(28)26-12-5-10-21(15-26,16-27)11-13-29-19-8-2-1-3-9-19/h1-4,6-9,14,27H,5,10-13,15-16H2. The van der Waals surface area contributed by atoms with Crippen molar-refractivity contribution in [1.29, 1.82) is 0 Å². The molecular weight excluding hydrogens is 383 g/mol. The van der Waals surface area contributed by atoms with E-state index in [9.17, 15) is 23.1 Å². The van der Waals surface area contributed by atoms with Gasteiger partial charge in [-0.05, 0) is 49.6 Å². The number of para-hydroxylation sites is 1. The number of aliphatic hydroxyl groups excluding tert-OH is 1. The maximum absolute atomic E-state index is 13.0. The van der Waals surface area contributed by atoms with Crippen LogP contribution in [0.15, 0.2) is 54.6 Å². The molecule has 1 fully saturated rings. The van der Waals surface area contributed by atoms with E-state index in [0.717, 1.165) is 24.3 Å². The fourth-order valence-corrected chi connectivity index (χ4v) is 3.71. The highest BCUT2D eigenvalue weighted by molar-refractivity contribution is 5.94. The van der Waals surface area contributed by atoms with Crippen molar-refractivity contribution in [3.8, 4) is 5.75 Å². The van der Waals surface area contributed by atoms with Gasteiger partial charge in [0.2, 0.25) is 0 Å². The highest BCUT2D eigenvalue weighted by Crippen LogP contribution is 2.35. The lowest BCUT2D eigenvalue weighted by atomic mass is 9.78. The molecule has 1 heterocycles. The number of ether oxygens (including phenoxy) is 1. The van der Waals surface area contributed by atoms with Crippen LogP contribution in [0.1, 0.15) is 35.2 Å². The fourth-order valence-electron chi connectivity index (χ4n) is 3.71. The molecule has 1 aliphatic heterocycles. The van der Waals surface area contributed by atoms with Gasteiger partial charge in [-0.2, -0.15) is 13.2 Å². The molecule has 156 valence electrons. The Bertz CT molecular complexity index is 826. The number of hydrogen-bond donors (Lipinski definition) is 1. The molecule has 0 bridgehead atoms. The second kappa shape index (κ2) is 8.86. The van der Waals surface area contributed by atoms with Gasteiger partial charge in [0.05, 0.1) is 18.8 Å². The largest absolute Gasteiger partial charge is 0.494 e. The van der Waals surface area contributed by atoms with Crippen molar-refractivity contribution in [1.82, 2.24) is 4.90 Å². The first-order valence-electron chi connectivity index (χ1n) is 9.58. The first-order valence-corrected chi connectivity index (χ1v) is 9.58. The van der Waals surface area contributed by atoms with Crippen LogP contribution in [0.3, 0.4) is 0 Å². The number of halogens is 3. The number of amides is 1. The third-order valence-electron chi connectivity index (χ3n) is 5.37. The van der Waals surface area contributed by atoms with Crippen molar-refractivity contribution < 1.29 is 27.8 Å². The summed E-state index contributed by atoms with van der Waals surface area (Å²) in [6.07, 6.45) is -2.54. The lowest BCUT2D eigenvalue weighted by molar-refractivity contribution is -0.137. The van der Waals surface area contributed by atoms with Gasteiger partial charge >= 0.3 is 6.18 Å². The number of benzene rings is 2. The third kappa shape index (κ3) is 5.29. The lowest BCUT2D eigenvalue weighted by Gasteiger charge is -2.42. The van der Waals surface area contributed by atoms with E-state index >= 15 is 0 Å². The van der Waals surface area contributed by atoms with Crippen LogP contribution < -0.4 is 4.74 Å². The summed E-state index contributed by atoms with van der Waals surface area (Å²) in [5, 5.41) is 10.0. The van der Waals surface area contributed by atoms with Crippen LogP contribution in [-0.2, 0) is 6.18 Å². The van der Waals surface area contributed by atoms with Gasteiger partial charge in [-0.25, -0.2) is 0 Å². The van der Waals surface area contributed by atoms with Gasteiger partial charge in [-0.1, -0.05) is 24.3 Å². The molecule has 1 aliphatic rings. The fraction of sp³-hybridized carbons (Fsp3) is 0.409. The molecule has 4 nitrogen and oxygen atoms in total. The minimum Gasteiger partial charge on any atom is -0.494 e. The molecule has 29 heavy (non-hydrogen) atoms. The Morgan fingerprint density at radius 3 is 2.59 bits per heavy atom. The van der Waals surface area contributed by atoms with Crippen molar-refractivity contribution >= 4 is 5.91 Å². The predicted octanol–water partition coefficient (Wildman–Crippen LogP) is 4.39. The van der Waals surface area contributed by atoms with Crippen molar-refractivity contribution in [2.75, 3.05) is 26.3 Å². The molecule has 3 rings (SSSR count). The van der Waals surface area contributed by atoms with Crippen LogP contribution in [-0.4, -0.2) is 42.2 Å². The summed E-state index contributed by atoms with van der Waals surface area (Å²) in [5.74, 6) is 0.283. The number of alkyl halides is 3. The highest BCUT2D eigenvalue weighted by atomic mass is 19.4. The zero-order valence-electron chi connectivity index (χ0n) is 16.0. The zero-order valence-corrected chi connectivity index (χ0v) is 16.0. The van der Waals surface area contributed by atoms with Gasteiger partial charge in [0, 0.05) is 24.1 Å². The van der Waals surface area contributed by atoms with Crippen molar-refractivity contribution in [3.05, 3.63) is 65.7 Å². The van der Waals surface area contributed by atoms with Crippen LogP contribution in [0.4, 0.5) is 13.2 Å². The monoisotopic (exact) mass is 407 g/mol. The number of hydrogen-bond acceptors (Lipinski definition) is 3. The second-order valence-electron chi connectivity index (χ2n) is 7.48. The van der Waals surface area contributed by atoms with Gasteiger partial charge in [0.25, 0.3) is 5.91 Å². The molecule has 7 heteroatoms. The van der Waals surface area contributed by atoms with E-state index in [1.54, 1.807) is 0 Å². The molecule has 2 aromatic rings. The Morgan fingerprint density at radius 1 is 1.14 bits per heavy atom. The van der Waals surface area contributed by atoms with Crippen molar-refractivity contribution in [2.45, 2.75) is 25.4 Å². The van der Waals surface area contributed by atoms with Gasteiger partial charge in [-0.3, -0.25) is 4.79 Å². The highest BCUT2D eigenvalue weighted by Gasteiger charge is 2.37. The summed E-state index contributed by atoms with van der Waals surface area (Å²) >= 11 is 0. The quantitative estimate of drug-likeness (QED) is 0.773. The summed E-state index contributed by atoms with van der Waals surface area (Å²) < 4.78 is 44.6. The molecule has 1 saturated heterocycles. The number of likely N-dealkylation sites (tertiary alicyclic amines) is 1. The Balaban J connectivity index is 1.67. The van der Waals surface area contributed by atoms with E-state index in [1.165, 1.54) is 17.0 Å². The number of carbonyl (C=O) groups excluding carboxylic acids is 1. The van der Waals surface area contributed by atoms with Crippen LogP contribution in [0.2, 0.25) is 0 Å². The maximum atomic E-state index is 13.0. The van der Waals surface area contributed by atoms with E-state index in [1.807, 2.05) is 30.3 Å². The Hall–Kier alpha value is -2.54. The predicted molar refractivity (Wildman–Crippen MR) is 103 cm³/mol. The molecule has 0 radical (unpaired) electrons. The van der Waals surface area contributed by atoms with Gasteiger partial charge < -0.3 is 14.7 Å². The van der Waals surface area contributed by atoms with Crippen LogP contribution in [0.5, 0.6) is 5.75 Å². The minimum absolute atomic E-state index is 0.00843. The summed E-state index contributed by atoms with van der Waals surface area (Å²) in [6.45, 7) is 1.01. The Morgan fingerprint density at radius 2 is 1.90 bits per heavy atom. The van der Waals surface area contributed by atoms with E-state index in [0.29, 0.717) is 26.0 Å². The Labute approximate surface area is 167 Å². The van der Waals surface area contributed by atoms with Gasteiger partial charge in [0.1, 0.15) is 5.75 Å². The van der Waals surface area contributed by atoms with Crippen LogP contribution >= 0.6 is 0 Å². The molecule has 1 unspecified atom stereocenters. The number of nitrogens with zero attached hydrogens (tertiary/aromatic N) is 1. The zero-order chi connectivity index (χ0) is 20.9. The SMILES string of the molecule is O=C(c1cccc(C(F)(F)F)c1)N1CCCC(CO)(CCOc2ccccc2)C1. The maximum Gasteiger partial charge on any atom is 0.416 e. The minimum atomic E-state index is -4.50. The normalized spacial score (nSPS) is 19.8. The van der Waals surface area contributed by atoms with E-state index in [4.69, 9.17) is 4.74 Å². The van der Waals surface area contributed by atoms with E-state index < -0.39 is 23.1 Å². The molecule has 1 atom stereocenters. The molecule has 0 aromatic heterocycles. The van der Waals surface area contributed by atoms with Crippen LogP contribution in [0.25, 0.3) is 0 Å². The van der Waals surface area contributed by atoms with Crippen LogP contribution in [0, 0.1) is 5.41 Å². The van der Waals surface area contributed by atoms with Crippen molar-refractivity contribution in [3.63, 3.8) is 0 Å². The lowest BCUT2D eigenvalue weighted by Crippen LogP contribution is -2.48. The number of aliphatic hydroxyl groups is 1. The first-order chi connectivity index (χ1) is 13.8. The third-order valence-corrected chi connectivity index (χ3v) is 5.37. The molecule has 2 aromatic carbocycles. The summed E-state index contributed by atoms with van der Waals surface area (Å²) in [6, 6.07) is 13.8. The Kier molecular flexibility index (Phi) is 6.47. The molecular formula is C22H24F3NO3. The van der Waals surface area contributed by atoms with Crippen molar-refractivity contribution in [2.24, 2.45) is 5.41 Å². The topological polar surface area (TPSA) is 49.8 Å². The molecule has 0 spiro atoms. The smallest absolute Gasteiger partial charge is 0.416 e. The average Bonchev–Trinajstić information content (AvgIpc) is 2.73.